The Kier molecular flexibility index (Phi) is 7.57. The third-order valence-corrected chi connectivity index (χ3v) is 12.0. The van der Waals surface area contributed by atoms with Gasteiger partial charge >= 0.3 is 5.97 Å². The van der Waals surface area contributed by atoms with Crippen molar-refractivity contribution in [2.45, 2.75) is 91.6 Å². The minimum absolute atomic E-state index is 0.0286. The third-order valence-electron chi connectivity index (χ3n) is 12.0. The topological polar surface area (TPSA) is 26.3 Å². The molecule has 2 heteroatoms. The van der Waals surface area contributed by atoms with Gasteiger partial charge in [0.2, 0.25) is 0 Å². The molecule has 3 fully saturated rings. The quantitative estimate of drug-likeness (QED) is 0.271. The van der Waals surface area contributed by atoms with Gasteiger partial charge in [0.1, 0.15) is 6.10 Å². The van der Waals surface area contributed by atoms with Crippen molar-refractivity contribution in [2.75, 3.05) is 0 Å². The van der Waals surface area contributed by atoms with Crippen LogP contribution in [0.1, 0.15) is 96.6 Å². The standard InChI is InChI=1S/C38H48O2/c1-26(18-20-31(28-12-7-5-8-13-28)29-14-9-6-10-15-29)33-22-23-34-32-21-19-30-16-11-17-36(40-27(2)39)38(30,4)35(32)24-25-37(33,34)3/h5-10,12-15,19-20,26,32-36H,11,16-18,21-25H2,1-4H3. The number of benzene rings is 2. The predicted octanol–water partition coefficient (Wildman–Crippen LogP) is 9.66. The molecular formula is C38H48O2. The Labute approximate surface area is 242 Å². The summed E-state index contributed by atoms with van der Waals surface area (Å²) >= 11 is 0. The first kappa shape index (κ1) is 27.6. The molecule has 3 saturated carbocycles. The first-order chi connectivity index (χ1) is 19.3. The number of fused-ring (bicyclic) bond motifs is 5. The highest BCUT2D eigenvalue weighted by Crippen LogP contribution is 2.67. The molecule has 8 unspecified atom stereocenters. The summed E-state index contributed by atoms with van der Waals surface area (Å²) in [5, 5.41) is 0. The van der Waals surface area contributed by atoms with E-state index in [-0.39, 0.29) is 17.5 Å². The summed E-state index contributed by atoms with van der Waals surface area (Å²) in [5.41, 5.74) is 6.01. The van der Waals surface area contributed by atoms with Crippen LogP contribution in [0.5, 0.6) is 0 Å². The number of rotatable bonds is 6. The van der Waals surface area contributed by atoms with Gasteiger partial charge in [-0.25, -0.2) is 0 Å². The van der Waals surface area contributed by atoms with E-state index in [1.54, 1.807) is 12.5 Å². The van der Waals surface area contributed by atoms with Gasteiger partial charge in [-0.15, -0.1) is 0 Å². The van der Waals surface area contributed by atoms with Crippen LogP contribution in [0.3, 0.4) is 0 Å². The predicted molar refractivity (Wildman–Crippen MR) is 164 cm³/mol. The maximum absolute atomic E-state index is 12.1. The van der Waals surface area contributed by atoms with Crippen molar-refractivity contribution in [1.82, 2.24) is 0 Å². The average molecular weight is 537 g/mol. The molecule has 0 radical (unpaired) electrons. The number of allylic oxidation sites excluding steroid dienone is 2. The van der Waals surface area contributed by atoms with Crippen molar-refractivity contribution < 1.29 is 9.53 Å². The molecule has 212 valence electrons. The zero-order valence-electron chi connectivity index (χ0n) is 25.1. The first-order valence-electron chi connectivity index (χ1n) is 16.0. The Morgan fingerprint density at radius 3 is 2.27 bits per heavy atom. The molecule has 0 aliphatic heterocycles. The molecule has 0 saturated heterocycles. The molecule has 0 bridgehead atoms. The van der Waals surface area contributed by atoms with E-state index in [0.717, 1.165) is 37.0 Å². The maximum atomic E-state index is 12.1. The molecule has 0 heterocycles. The largest absolute Gasteiger partial charge is 0.462 e. The summed E-state index contributed by atoms with van der Waals surface area (Å²) in [6.07, 6.45) is 16.2. The van der Waals surface area contributed by atoms with Crippen molar-refractivity contribution >= 4 is 11.5 Å². The number of ether oxygens (including phenoxy) is 1. The lowest BCUT2D eigenvalue weighted by atomic mass is 9.46. The fraction of sp³-hybridized carbons (Fsp3) is 0.553. The van der Waals surface area contributed by atoms with E-state index in [2.05, 4.69) is 93.6 Å². The van der Waals surface area contributed by atoms with Gasteiger partial charge in [-0.3, -0.25) is 4.79 Å². The van der Waals surface area contributed by atoms with Crippen molar-refractivity contribution in [3.05, 3.63) is 89.5 Å². The van der Waals surface area contributed by atoms with Crippen LogP contribution in [0.2, 0.25) is 0 Å². The van der Waals surface area contributed by atoms with Crippen LogP contribution >= 0.6 is 0 Å². The van der Waals surface area contributed by atoms with E-state index in [1.807, 2.05) is 0 Å². The number of hydrogen-bond acceptors (Lipinski definition) is 2. The first-order valence-corrected chi connectivity index (χ1v) is 16.0. The summed E-state index contributed by atoms with van der Waals surface area (Å²) in [6.45, 7) is 9.22. The van der Waals surface area contributed by atoms with Crippen LogP contribution in [0.25, 0.3) is 5.57 Å². The minimum atomic E-state index is -0.108. The summed E-state index contributed by atoms with van der Waals surface area (Å²) < 4.78 is 6.05. The van der Waals surface area contributed by atoms with Crippen LogP contribution in [-0.2, 0) is 9.53 Å². The van der Waals surface area contributed by atoms with E-state index in [0.29, 0.717) is 17.3 Å². The normalized spacial score (nSPS) is 35.4. The zero-order chi connectivity index (χ0) is 27.9. The molecule has 0 amide bonds. The molecule has 2 aromatic rings. The second-order valence-electron chi connectivity index (χ2n) is 13.9. The lowest BCUT2D eigenvalue weighted by Crippen LogP contribution is -2.55. The monoisotopic (exact) mass is 536 g/mol. The minimum Gasteiger partial charge on any atom is -0.462 e. The van der Waals surface area contributed by atoms with Gasteiger partial charge in [-0.2, -0.15) is 0 Å². The highest BCUT2D eigenvalue weighted by molar-refractivity contribution is 5.79. The lowest BCUT2D eigenvalue weighted by molar-refractivity contribution is -0.162. The second kappa shape index (κ2) is 11.0. The summed E-state index contributed by atoms with van der Waals surface area (Å²) in [7, 11) is 0. The summed E-state index contributed by atoms with van der Waals surface area (Å²) in [5.74, 6) is 3.45. The van der Waals surface area contributed by atoms with Gasteiger partial charge in [0, 0.05) is 12.3 Å². The van der Waals surface area contributed by atoms with Crippen molar-refractivity contribution in [3.63, 3.8) is 0 Å². The molecule has 0 spiro atoms. The summed E-state index contributed by atoms with van der Waals surface area (Å²) in [6, 6.07) is 21.8. The van der Waals surface area contributed by atoms with Crippen LogP contribution in [0, 0.1) is 40.4 Å². The molecule has 4 aliphatic rings. The number of esters is 1. The van der Waals surface area contributed by atoms with Crippen LogP contribution in [0.15, 0.2) is 78.4 Å². The van der Waals surface area contributed by atoms with Crippen LogP contribution < -0.4 is 0 Å². The molecule has 40 heavy (non-hydrogen) atoms. The molecule has 0 N–H and O–H groups in total. The molecule has 8 atom stereocenters. The van der Waals surface area contributed by atoms with Crippen LogP contribution in [0.4, 0.5) is 0 Å². The Balaban J connectivity index is 1.23. The molecule has 2 nitrogen and oxygen atoms in total. The van der Waals surface area contributed by atoms with Crippen LogP contribution in [-0.4, -0.2) is 12.1 Å². The fourth-order valence-corrected chi connectivity index (χ4v) is 10.2. The van der Waals surface area contributed by atoms with Crippen molar-refractivity contribution in [1.29, 1.82) is 0 Å². The van der Waals surface area contributed by atoms with Gasteiger partial charge in [0.05, 0.1) is 0 Å². The molecule has 4 aliphatic carbocycles. The Morgan fingerprint density at radius 2 is 1.62 bits per heavy atom. The van der Waals surface area contributed by atoms with Gasteiger partial charge < -0.3 is 4.74 Å². The number of carbonyl (C=O) groups is 1. The maximum Gasteiger partial charge on any atom is 0.302 e. The highest BCUT2D eigenvalue weighted by Gasteiger charge is 2.61. The van der Waals surface area contributed by atoms with Gasteiger partial charge in [-0.1, -0.05) is 99.2 Å². The van der Waals surface area contributed by atoms with E-state index in [4.69, 9.17) is 4.74 Å². The zero-order valence-corrected chi connectivity index (χ0v) is 25.1. The van der Waals surface area contributed by atoms with E-state index < -0.39 is 0 Å². The average Bonchev–Trinajstić information content (AvgIpc) is 3.32. The Morgan fingerprint density at radius 1 is 0.950 bits per heavy atom. The Hall–Kier alpha value is -2.61. The third kappa shape index (κ3) is 4.70. The second-order valence-corrected chi connectivity index (χ2v) is 13.9. The van der Waals surface area contributed by atoms with Gasteiger partial charge in [0.25, 0.3) is 0 Å². The summed E-state index contributed by atoms with van der Waals surface area (Å²) in [4.78, 5) is 12.1. The van der Waals surface area contributed by atoms with E-state index >= 15 is 0 Å². The number of hydrogen-bond donors (Lipinski definition) is 0. The molecule has 0 aromatic heterocycles. The smallest absolute Gasteiger partial charge is 0.302 e. The molecular weight excluding hydrogens is 488 g/mol. The van der Waals surface area contributed by atoms with Crippen molar-refractivity contribution in [3.8, 4) is 0 Å². The van der Waals surface area contributed by atoms with Crippen molar-refractivity contribution in [2.24, 2.45) is 40.4 Å². The lowest BCUT2D eigenvalue weighted by Gasteiger charge is -2.59. The van der Waals surface area contributed by atoms with Gasteiger partial charge in [0.15, 0.2) is 0 Å². The van der Waals surface area contributed by atoms with E-state index in [9.17, 15) is 4.79 Å². The highest BCUT2D eigenvalue weighted by atomic mass is 16.5. The van der Waals surface area contributed by atoms with Gasteiger partial charge in [-0.05, 0) is 109 Å². The van der Waals surface area contributed by atoms with E-state index in [1.165, 1.54) is 55.2 Å². The molecule has 6 rings (SSSR count). The SMILES string of the molecule is CC(=O)OC1CCCC2=CCC3C4CCC(C(C)CC=C(c5ccccc5)c5ccccc5)C4(C)CCC3C21C. The number of carbonyl (C=O) groups excluding carboxylic acids is 1. The Bertz CT molecular complexity index is 1220. The fourth-order valence-electron chi connectivity index (χ4n) is 10.2. The molecule has 2 aromatic carbocycles.